The minimum atomic E-state index is 0.848. The van der Waals surface area contributed by atoms with Gasteiger partial charge in [0.05, 0.1) is 7.11 Å². The van der Waals surface area contributed by atoms with Crippen LogP contribution in [0.2, 0.25) is 5.02 Å². The molecular formula is C13H20ClNO. The highest BCUT2D eigenvalue weighted by Gasteiger charge is 2.13. The molecule has 0 saturated heterocycles. The number of halogens is 1. The van der Waals surface area contributed by atoms with Crippen molar-refractivity contribution in [2.75, 3.05) is 20.7 Å². The van der Waals surface area contributed by atoms with E-state index in [-0.39, 0.29) is 0 Å². The van der Waals surface area contributed by atoms with Gasteiger partial charge in [0.25, 0.3) is 0 Å². The van der Waals surface area contributed by atoms with Crippen LogP contribution in [0.3, 0.4) is 0 Å². The molecule has 1 aromatic carbocycles. The fourth-order valence-corrected chi connectivity index (χ4v) is 1.89. The van der Waals surface area contributed by atoms with Gasteiger partial charge in [-0.25, -0.2) is 0 Å². The van der Waals surface area contributed by atoms with Crippen LogP contribution in [0.15, 0.2) is 6.07 Å². The molecule has 0 aromatic heterocycles. The second-order valence-corrected chi connectivity index (χ2v) is 4.52. The Balaban J connectivity index is 3.19. The third-order valence-electron chi connectivity index (χ3n) is 2.96. The molecule has 0 unspecified atom stereocenters. The SMILES string of the molecule is CCN(C)Cc1c(OC)cc(C)c(Cl)c1C. The van der Waals surface area contributed by atoms with E-state index >= 15 is 0 Å². The quantitative estimate of drug-likeness (QED) is 0.801. The van der Waals surface area contributed by atoms with Gasteiger partial charge in [0.2, 0.25) is 0 Å². The molecule has 0 aliphatic rings. The molecule has 0 heterocycles. The zero-order valence-electron chi connectivity index (χ0n) is 10.7. The van der Waals surface area contributed by atoms with Crippen molar-refractivity contribution in [2.24, 2.45) is 0 Å². The fraction of sp³-hybridized carbons (Fsp3) is 0.538. The molecule has 0 aliphatic heterocycles. The summed E-state index contributed by atoms with van der Waals surface area (Å²) < 4.78 is 5.42. The highest BCUT2D eigenvalue weighted by Crippen LogP contribution is 2.32. The summed E-state index contributed by atoms with van der Waals surface area (Å²) in [4.78, 5) is 2.23. The van der Waals surface area contributed by atoms with Crippen LogP contribution in [0.25, 0.3) is 0 Å². The average molecular weight is 242 g/mol. The monoisotopic (exact) mass is 241 g/mol. The smallest absolute Gasteiger partial charge is 0.123 e. The van der Waals surface area contributed by atoms with E-state index in [9.17, 15) is 0 Å². The topological polar surface area (TPSA) is 12.5 Å². The number of aryl methyl sites for hydroxylation is 1. The molecule has 2 nitrogen and oxygen atoms in total. The zero-order chi connectivity index (χ0) is 12.3. The lowest BCUT2D eigenvalue weighted by atomic mass is 10.0. The summed E-state index contributed by atoms with van der Waals surface area (Å²) in [5.41, 5.74) is 3.38. The fourth-order valence-electron chi connectivity index (χ4n) is 1.72. The lowest BCUT2D eigenvalue weighted by Gasteiger charge is -2.20. The first kappa shape index (κ1) is 13.3. The van der Waals surface area contributed by atoms with Crippen LogP contribution in [0.1, 0.15) is 23.6 Å². The van der Waals surface area contributed by atoms with Crippen molar-refractivity contribution in [3.63, 3.8) is 0 Å². The zero-order valence-corrected chi connectivity index (χ0v) is 11.5. The molecular weight excluding hydrogens is 222 g/mol. The van der Waals surface area contributed by atoms with E-state index in [4.69, 9.17) is 16.3 Å². The number of nitrogens with zero attached hydrogens (tertiary/aromatic N) is 1. The second-order valence-electron chi connectivity index (χ2n) is 4.14. The normalized spacial score (nSPS) is 10.9. The summed E-state index contributed by atoms with van der Waals surface area (Å²) in [6, 6.07) is 2.01. The predicted octanol–water partition coefficient (Wildman–Crippen LogP) is 3.42. The van der Waals surface area contributed by atoms with E-state index in [2.05, 4.69) is 25.8 Å². The maximum absolute atomic E-state index is 6.26. The van der Waals surface area contributed by atoms with Crippen molar-refractivity contribution >= 4 is 11.6 Å². The van der Waals surface area contributed by atoms with Crippen molar-refractivity contribution in [3.8, 4) is 5.75 Å². The lowest BCUT2D eigenvalue weighted by molar-refractivity contribution is 0.332. The van der Waals surface area contributed by atoms with Crippen LogP contribution in [-0.2, 0) is 6.54 Å². The summed E-state index contributed by atoms with van der Waals surface area (Å²) in [6.45, 7) is 8.07. The molecule has 3 heteroatoms. The largest absolute Gasteiger partial charge is 0.496 e. The Morgan fingerprint density at radius 1 is 1.38 bits per heavy atom. The van der Waals surface area contributed by atoms with E-state index in [1.165, 1.54) is 5.56 Å². The van der Waals surface area contributed by atoms with Crippen LogP contribution in [0.4, 0.5) is 0 Å². The molecule has 90 valence electrons. The van der Waals surface area contributed by atoms with Gasteiger partial charge in [0.15, 0.2) is 0 Å². The van der Waals surface area contributed by atoms with Gasteiger partial charge in [-0.2, -0.15) is 0 Å². The predicted molar refractivity (Wildman–Crippen MR) is 69.5 cm³/mol. The van der Waals surface area contributed by atoms with Gasteiger partial charge in [-0.05, 0) is 44.6 Å². The number of hydrogen-bond donors (Lipinski definition) is 0. The molecule has 0 atom stereocenters. The maximum atomic E-state index is 6.26. The van der Waals surface area contributed by atoms with Crippen LogP contribution in [-0.4, -0.2) is 25.6 Å². The highest BCUT2D eigenvalue weighted by molar-refractivity contribution is 6.32. The number of rotatable bonds is 4. The molecule has 0 radical (unpaired) electrons. The Hall–Kier alpha value is -0.730. The summed E-state index contributed by atoms with van der Waals surface area (Å²) in [7, 11) is 3.80. The minimum absolute atomic E-state index is 0.848. The van der Waals surface area contributed by atoms with E-state index in [0.717, 1.165) is 35.0 Å². The Labute approximate surface area is 103 Å². The van der Waals surface area contributed by atoms with E-state index in [0.29, 0.717) is 0 Å². The van der Waals surface area contributed by atoms with Gasteiger partial charge in [-0.15, -0.1) is 0 Å². The van der Waals surface area contributed by atoms with Gasteiger partial charge in [-0.1, -0.05) is 18.5 Å². The van der Waals surface area contributed by atoms with E-state index in [1.807, 2.05) is 13.0 Å². The Kier molecular flexibility index (Phi) is 4.63. The molecule has 0 N–H and O–H groups in total. The Bertz CT molecular complexity index is 377. The standard InChI is InChI=1S/C13H20ClNO/c1-6-15(4)8-11-10(3)13(14)9(2)7-12(11)16-5/h7H,6,8H2,1-5H3. The molecule has 0 aliphatic carbocycles. The molecule has 0 saturated carbocycles. The number of ether oxygens (including phenoxy) is 1. The summed E-state index contributed by atoms with van der Waals surface area (Å²) >= 11 is 6.26. The molecule has 0 fully saturated rings. The van der Waals surface area contributed by atoms with Crippen molar-refractivity contribution in [1.29, 1.82) is 0 Å². The van der Waals surface area contributed by atoms with Crippen molar-refractivity contribution in [3.05, 3.63) is 27.8 Å². The van der Waals surface area contributed by atoms with Gasteiger partial charge in [0.1, 0.15) is 5.75 Å². The first-order valence-corrected chi connectivity index (χ1v) is 5.90. The molecule has 0 bridgehead atoms. The van der Waals surface area contributed by atoms with E-state index < -0.39 is 0 Å². The van der Waals surface area contributed by atoms with Crippen molar-refractivity contribution in [1.82, 2.24) is 4.90 Å². The number of hydrogen-bond acceptors (Lipinski definition) is 2. The number of benzene rings is 1. The van der Waals surface area contributed by atoms with Crippen molar-refractivity contribution in [2.45, 2.75) is 27.3 Å². The van der Waals surface area contributed by atoms with Crippen LogP contribution in [0, 0.1) is 13.8 Å². The average Bonchev–Trinajstić information content (AvgIpc) is 2.29. The molecule has 16 heavy (non-hydrogen) atoms. The molecule has 1 rings (SSSR count). The Morgan fingerprint density at radius 3 is 2.50 bits per heavy atom. The molecule has 0 amide bonds. The van der Waals surface area contributed by atoms with Gasteiger partial charge < -0.3 is 9.64 Å². The maximum Gasteiger partial charge on any atom is 0.123 e. The Morgan fingerprint density at radius 2 is 2.00 bits per heavy atom. The second kappa shape index (κ2) is 5.55. The van der Waals surface area contributed by atoms with Crippen LogP contribution in [0.5, 0.6) is 5.75 Å². The first-order chi connectivity index (χ1) is 7.51. The minimum Gasteiger partial charge on any atom is -0.496 e. The number of methoxy groups -OCH3 is 1. The first-order valence-electron chi connectivity index (χ1n) is 5.52. The van der Waals surface area contributed by atoms with Crippen LogP contribution >= 0.6 is 11.6 Å². The van der Waals surface area contributed by atoms with Gasteiger partial charge in [-0.3, -0.25) is 0 Å². The van der Waals surface area contributed by atoms with Gasteiger partial charge >= 0.3 is 0 Å². The molecule has 1 aromatic rings. The highest BCUT2D eigenvalue weighted by atomic mass is 35.5. The summed E-state index contributed by atoms with van der Waals surface area (Å²) in [5, 5.41) is 0.848. The van der Waals surface area contributed by atoms with Gasteiger partial charge in [0, 0.05) is 17.1 Å². The van der Waals surface area contributed by atoms with Crippen LogP contribution < -0.4 is 4.74 Å². The summed E-state index contributed by atoms with van der Waals surface area (Å²) in [5.74, 6) is 0.930. The third-order valence-corrected chi connectivity index (χ3v) is 3.54. The summed E-state index contributed by atoms with van der Waals surface area (Å²) in [6.07, 6.45) is 0. The lowest BCUT2D eigenvalue weighted by Crippen LogP contribution is -2.18. The van der Waals surface area contributed by atoms with E-state index in [1.54, 1.807) is 7.11 Å². The van der Waals surface area contributed by atoms with Crippen molar-refractivity contribution < 1.29 is 4.74 Å². The molecule has 0 spiro atoms. The third kappa shape index (κ3) is 2.69.